The number of nitrogens with zero attached hydrogens (tertiary/aromatic N) is 1. The Morgan fingerprint density at radius 2 is 1.90 bits per heavy atom. The van der Waals surface area contributed by atoms with Crippen LogP contribution in [0.2, 0.25) is 10.0 Å². The summed E-state index contributed by atoms with van der Waals surface area (Å²) in [6.45, 7) is 2.77. The summed E-state index contributed by atoms with van der Waals surface area (Å²) in [6.07, 6.45) is 4.76. The normalized spacial score (nSPS) is 26.1. The molecule has 2 atom stereocenters. The molecule has 2 heterocycles. The van der Waals surface area contributed by atoms with Gasteiger partial charge in [-0.05, 0) is 56.3 Å². The Morgan fingerprint density at radius 1 is 1.14 bits per heavy atom. The molecule has 0 aliphatic carbocycles. The fourth-order valence-electron chi connectivity index (χ4n) is 3.50. The molecule has 3 rings (SSSR count). The number of halogens is 2. The number of carbonyl (C=O) groups excluding carboxylic acids is 1. The number of hydrogen-bond donors (Lipinski definition) is 1. The van der Waals surface area contributed by atoms with Crippen molar-refractivity contribution in [2.24, 2.45) is 5.92 Å². The number of carbonyl (C=O) groups is 1. The molecule has 21 heavy (non-hydrogen) atoms. The molecule has 5 heteroatoms. The Hall–Kier alpha value is -0.770. The quantitative estimate of drug-likeness (QED) is 0.900. The van der Waals surface area contributed by atoms with Gasteiger partial charge in [0.15, 0.2) is 0 Å². The number of rotatable bonds is 2. The van der Waals surface area contributed by atoms with Gasteiger partial charge in [0, 0.05) is 34.7 Å². The third-order valence-electron chi connectivity index (χ3n) is 4.52. The molecule has 2 fully saturated rings. The Labute approximate surface area is 135 Å². The van der Waals surface area contributed by atoms with Crippen molar-refractivity contribution in [1.82, 2.24) is 10.2 Å². The lowest BCUT2D eigenvalue weighted by Gasteiger charge is -2.36. The van der Waals surface area contributed by atoms with Gasteiger partial charge in [0.25, 0.3) is 5.91 Å². The average molecular weight is 327 g/mol. The van der Waals surface area contributed by atoms with Crippen molar-refractivity contribution < 1.29 is 4.79 Å². The van der Waals surface area contributed by atoms with E-state index in [4.69, 9.17) is 23.2 Å². The Balaban J connectivity index is 1.71. The van der Waals surface area contributed by atoms with Crippen molar-refractivity contribution in [3.63, 3.8) is 0 Å². The van der Waals surface area contributed by atoms with Crippen LogP contribution >= 0.6 is 23.2 Å². The highest BCUT2D eigenvalue weighted by Crippen LogP contribution is 2.27. The van der Waals surface area contributed by atoms with Crippen LogP contribution < -0.4 is 5.32 Å². The van der Waals surface area contributed by atoms with E-state index in [1.807, 2.05) is 4.90 Å². The molecular formula is C16H20Cl2N2O. The van der Waals surface area contributed by atoms with Gasteiger partial charge in [0.1, 0.15) is 0 Å². The summed E-state index contributed by atoms with van der Waals surface area (Å²) in [5.74, 6) is 0.613. The van der Waals surface area contributed by atoms with E-state index in [9.17, 15) is 4.79 Å². The molecule has 0 spiro atoms. The predicted octanol–water partition coefficient (Wildman–Crippen LogP) is 3.60. The van der Waals surface area contributed by atoms with Gasteiger partial charge < -0.3 is 10.2 Å². The fourth-order valence-corrected chi connectivity index (χ4v) is 4.02. The molecule has 0 bridgehead atoms. The van der Waals surface area contributed by atoms with Crippen LogP contribution in [0.1, 0.15) is 36.0 Å². The largest absolute Gasteiger partial charge is 0.338 e. The molecular weight excluding hydrogens is 307 g/mol. The van der Waals surface area contributed by atoms with Crippen LogP contribution in [0, 0.1) is 5.92 Å². The van der Waals surface area contributed by atoms with E-state index in [0.717, 1.165) is 26.1 Å². The smallest absolute Gasteiger partial charge is 0.253 e. The zero-order valence-corrected chi connectivity index (χ0v) is 13.5. The maximum absolute atomic E-state index is 12.7. The van der Waals surface area contributed by atoms with Crippen LogP contribution in [0.3, 0.4) is 0 Å². The van der Waals surface area contributed by atoms with Crippen LogP contribution in [0.5, 0.6) is 0 Å². The molecule has 0 aromatic heterocycles. The van der Waals surface area contributed by atoms with Crippen molar-refractivity contribution in [1.29, 1.82) is 0 Å². The Morgan fingerprint density at radius 3 is 2.57 bits per heavy atom. The minimum Gasteiger partial charge on any atom is -0.338 e. The standard InChI is InChI=1S/C16H20Cl2N2O/c17-13-7-12(8-14(18)9-13)16(21)20-6-2-3-11(10-20)15-4-1-5-19-15/h7-9,11,15,19H,1-6,10H2. The zero-order valence-electron chi connectivity index (χ0n) is 11.9. The lowest BCUT2D eigenvalue weighted by molar-refractivity contribution is 0.0651. The van der Waals surface area contributed by atoms with Crippen LogP contribution in [0.4, 0.5) is 0 Å². The van der Waals surface area contributed by atoms with E-state index < -0.39 is 0 Å². The van der Waals surface area contributed by atoms with E-state index in [2.05, 4.69) is 5.32 Å². The molecule has 0 saturated carbocycles. The van der Waals surface area contributed by atoms with Gasteiger partial charge in [-0.3, -0.25) is 4.79 Å². The minimum atomic E-state index is 0.0436. The molecule has 1 N–H and O–H groups in total. The molecule has 114 valence electrons. The van der Waals surface area contributed by atoms with Crippen LogP contribution in [-0.2, 0) is 0 Å². The molecule has 2 saturated heterocycles. The Kier molecular flexibility index (Phi) is 4.72. The van der Waals surface area contributed by atoms with Gasteiger partial charge in [-0.15, -0.1) is 0 Å². The van der Waals surface area contributed by atoms with Crippen molar-refractivity contribution >= 4 is 29.1 Å². The maximum atomic E-state index is 12.7. The summed E-state index contributed by atoms with van der Waals surface area (Å²) in [5, 5.41) is 4.59. The third-order valence-corrected chi connectivity index (χ3v) is 4.96. The molecule has 0 radical (unpaired) electrons. The molecule has 2 aliphatic heterocycles. The average Bonchev–Trinajstić information content (AvgIpc) is 3.00. The molecule has 1 aromatic carbocycles. The zero-order chi connectivity index (χ0) is 14.8. The first-order chi connectivity index (χ1) is 10.1. The molecule has 2 unspecified atom stereocenters. The monoisotopic (exact) mass is 326 g/mol. The van der Waals surface area contributed by atoms with Crippen molar-refractivity contribution in [3.8, 4) is 0 Å². The number of hydrogen-bond acceptors (Lipinski definition) is 2. The minimum absolute atomic E-state index is 0.0436. The first-order valence-electron chi connectivity index (χ1n) is 7.62. The summed E-state index contributed by atoms with van der Waals surface area (Å²) >= 11 is 12.0. The molecule has 1 aromatic rings. The van der Waals surface area contributed by atoms with E-state index >= 15 is 0 Å². The second kappa shape index (κ2) is 6.55. The van der Waals surface area contributed by atoms with Gasteiger partial charge >= 0.3 is 0 Å². The number of nitrogens with one attached hydrogen (secondary N) is 1. The number of amides is 1. The summed E-state index contributed by atoms with van der Waals surface area (Å²) in [4.78, 5) is 14.6. The van der Waals surface area contributed by atoms with E-state index in [0.29, 0.717) is 27.6 Å². The number of likely N-dealkylation sites (tertiary alicyclic amines) is 1. The highest BCUT2D eigenvalue weighted by Gasteiger charge is 2.31. The van der Waals surface area contributed by atoms with Crippen molar-refractivity contribution in [2.45, 2.75) is 31.7 Å². The maximum Gasteiger partial charge on any atom is 0.253 e. The number of piperidine rings is 1. The van der Waals surface area contributed by atoms with Crippen LogP contribution in [-0.4, -0.2) is 36.5 Å². The number of benzene rings is 1. The van der Waals surface area contributed by atoms with Gasteiger partial charge in [-0.2, -0.15) is 0 Å². The fraction of sp³-hybridized carbons (Fsp3) is 0.562. The highest BCUT2D eigenvalue weighted by atomic mass is 35.5. The molecule has 3 nitrogen and oxygen atoms in total. The van der Waals surface area contributed by atoms with Crippen molar-refractivity contribution in [2.75, 3.05) is 19.6 Å². The van der Waals surface area contributed by atoms with Gasteiger partial charge in [-0.25, -0.2) is 0 Å². The summed E-state index contributed by atoms with van der Waals surface area (Å²) in [6, 6.07) is 5.63. The van der Waals surface area contributed by atoms with Crippen LogP contribution in [0.25, 0.3) is 0 Å². The van der Waals surface area contributed by atoms with Gasteiger partial charge in [0.2, 0.25) is 0 Å². The molecule has 2 aliphatic rings. The second-order valence-electron chi connectivity index (χ2n) is 6.01. The van der Waals surface area contributed by atoms with E-state index in [-0.39, 0.29) is 5.91 Å². The first kappa shape index (κ1) is 15.1. The predicted molar refractivity (Wildman–Crippen MR) is 86.1 cm³/mol. The lowest BCUT2D eigenvalue weighted by Crippen LogP contribution is -2.45. The highest BCUT2D eigenvalue weighted by molar-refractivity contribution is 6.35. The molecule has 1 amide bonds. The Bertz CT molecular complexity index is 509. The van der Waals surface area contributed by atoms with E-state index in [1.54, 1.807) is 18.2 Å². The topological polar surface area (TPSA) is 32.3 Å². The first-order valence-corrected chi connectivity index (χ1v) is 8.38. The summed E-state index contributed by atoms with van der Waals surface area (Å²) < 4.78 is 0. The van der Waals surface area contributed by atoms with Gasteiger partial charge in [-0.1, -0.05) is 23.2 Å². The summed E-state index contributed by atoms with van der Waals surface area (Å²) in [7, 11) is 0. The van der Waals surface area contributed by atoms with Crippen LogP contribution in [0.15, 0.2) is 18.2 Å². The SMILES string of the molecule is O=C(c1cc(Cl)cc(Cl)c1)N1CCCC(C2CCCN2)C1. The lowest BCUT2D eigenvalue weighted by atomic mass is 9.89. The van der Waals surface area contributed by atoms with E-state index in [1.165, 1.54) is 19.3 Å². The summed E-state index contributed by atoms with van der Waals surface area (Å²) in [5.41, 5.74) is 0.590. The second-order valence-corrected chi connectivity index (χ2v) is 6.89. The van der Waals surface area contributed by atoms with Gasteiger partial charge in [0.05, 0.1) is 0 Å². The third kappa shape index (κ3) is 3.53. The van der Waals surface area contributed by atoms with Crippen molar-refractivity contribution in [3.05, 3.63) is 33.8 Å².